The summed E-state index contributed by atoms with van der Waals surface area (Å²) in [7, 11) is 0. The van der Waals surface area contributed by atoms with Gasteiger partial charge in [-0.1, -0.05) is 116 Å². The summed E-state index contributed by atoms with van der Waals surface area (Å²) in [5.74, 6) is 0. The molecule has 3 rings (SSSR count). The molecule has 0 saturated carbocycles. The summed E-state index contributed by atoms with van der Waals surface area (Å²) in [5.41, 5.74) is 6.59. The lowest BCUT2D eigenvalue weighted by Gasteiger charge is -2.38. The van der Waals surface area contributed by atoms with Gasteiger partial charge in [-0.3, -0.25) is 0 Å². The first kappa shape index (κ1) is 23.5. The molecule has 0 heteroatoms. The molecule has 2 aromatic rings. The van der Waals surface area contributed by atoms with Crippen molar-refractivity contribution in [3.63, 3.8) is 0 Å². The average Bonchev–Trinajstić information content (AvgIpc) is 2.85. The molecule has 150 valence electrons. The molecular formula is C27H42. The largest absolute Gasteiger partial charge is 0.0683 e. The molecular weight excluding hydrogens is 324 g/mol. The van der Waals surface area contributed by atoms with E-state index in [0.29, 0.717) is 0 Å². The zero-order chi connectivity index (χ0) is 20.9. The highest BCUT2D eigenvalue weighted by molar-refractivity contribution is 5.53. The van der Waals surface area contributed by atoms with Gasteiger partial charge in [0.25, 0.3) is 0 Å². The molecule has 0 bridgehead atoms. The summed E-state index contributed by atoms with van der Waals surface area (Å²) < 4.78 is 0. The van der Waals surface area contributed by atoms with Crippen molar-refractivity contribution in [2.45, 2.75) is 92.9 Å². The van der Waals surface area contributed by atoms with Crippen molar-refractivity contribution in [3.05, 3.63) is 70.8 Å². The van der Waals surface area contributed by atoms with Crippen LogP contribution in [-0.4, -0.2) is 0 Å². The van der Waals surface area contributed by atoms with Crippen molar-refractivity contribution < 1.29 is 0 Å². The highest BCUT2D eigenvalue weighted by Gasteiger charge is 2.49. The summed E-state index contributed by atoms with van der Waals surface area (Å²) in [6.45, 7) is 22.2. The fourth-order valence-corrected chi connectivity index (χ4v) is 4.77. The zero-order valence-electron chi connectivity index (χ0n) is 19.5. The number of hydrogen-bond acceptors (Lipinski definition) is 0. The van der Waals surface area contributed by atoms with Gasteiger partial charge >= 0.3 is 0 Å². The van der Waals surface area contributed by atoms with Gasteiger partial charge in [0, 0.05) is 5.41 Å². The molecule has 1 unspecified atom stereocenters. The Bertz CT molecular complexity index is 697. The Kier molecular flexibility index (Phi) is 7.90. The van der Waals surface area contributed by atoms with Gasteiger partial charge in [0.05, 0.1) is 0 Å². The third kappa shape index (κ3) is 5.03. The molecule has 0 radical (unpaired) electrons. The maximum absolute atomic E-state index is 2.45. The lowest BCUT2D eigenvalue weighted by Crippen LogP contribution is -2.32. The highest BCUT2D eigenvalue weighted by atomic mass is 14.5. The van der Waals surface area contributed by atoms with E-state index < -0.39 is 0 Å². The molecule has 0 N–H and O–H groups in total. The lowest BCUT2D eigenvalue weighted by molar-refractivity contribution is 0.262. The third-order valence-corrected chi connectivity index (χ3v) is 5.32. The van der Waals surface area contributed by atoms with E-state index in [4.69, 9.17) is 0 Å². The van der Waals surface area contributed by atoms with Gasteiger partial charge < -0.3 is 0 Å². The summed E-state index contributed by atoms with van der Waals surface area (Å²) in [5, 5.41) is 0. The molecule has 1 atom stereocenters. The van der Waals surface area contributed by atoms with E-state index in [-0.39, 0.29) is 16.2 Å². The highest BCUT2D eigenvalue weighted by Crippen LogP contribution is 2.57. The van der Waals surface area contributed by atoms with Crippen LogP contribution < -0.4 is 0 Å². The van der Waals surface area contributed by atoms with Gasteiger partial charge in [-0.05, 0) is 47.3 Å². The Labute approximate surface area is 169 Å². The van der Waals surface area contributed by atoms with Gasteiger partial charge in [-0.15, -0.1) is 0 Å². The Balaban J connectivity index is 0.000000855. The Hall–Kier alpha value is -1.56. The van der Waals surface area contributed by atoms with Crippen molar-refractivity contribution in [2.24, 2.45) is 5.41 Å². The van der Waals surface area contributed by atoms with Crippen LogP contribution in [0, 0.1) is 12.3 Å². The zero-order valence-corrected chi connectivity index (χ0v) is 19.5. The Morgan fingerprint density at radius 1 is 0.815 bits per heavy atom. The maximum Gasteiger partial charge on any atom is 0.0219 e. The Morgan fingerprint density at radius 3 is 1.89 bits per heavy atom. The molecule has 1 aliphatic carbocycles. The number of benzene rings is 2. The second-order valence-electron chi connectivity index (χ2n) is 9.30. The minimum Gasteiger partial charge on any atom is -0.0683 e. The monoisotopic (exact) mass is 366 g/mol. The lowest BCUT2D eigenvalue weighted by atomic mass is 9.65. The van der Waals surface area contributed by atoms with Crippen LogP contribution in [0.1, 0.15) is 97.4 Å². The van der Waals surface area contributed by atoms with Gasteiger partial charge in [-0.2, -0.15) is 0 Å². The first-order valence-corrected chi connectivity index (χ1v) is 10.8. The van der Waals surface area contributed by atoms with E-state index in [0.717, 1.165) is 0 Å². The van der Waals surface area contributed by atoms with E-state index in [9.17, 15) is 0 Å². The van der Waals surface area contributed by atoms with Crippen molar-refractivity contribution in [2.75, 3.05) is 0 Å². The SMILES string of the molecule is CC.CC.Cc1ccc2c(c1)C(CC(C)(C)C)(c1ccccc1)CC2(C)C. The molecule has 0 amide bonds. The van der Waals surface area contributed by atoms with Crippen LogP contribution in [0.2, 0.25) is 0 Å². The van der Waals surface area contributed by atoms with E-state index >= 15 is 0 Å². The van der Waals surface area contributed by atoms with Crippen molar-refractivity contribution >= 4 is 0 Å². The first-order chi connectivity index (χ1) is 12.6. The van der Waals surface area contributed by atoms with Crippen LogP contribution in [-0.2, 0) is 10.8 Å². The minimum absolute atomic E-state index is 0.129. The van der Waals surface area contributed by atoms with Crippen LogP contribution in [0.4, 0.5) is 0 Å². The fourth-order valence-electron chi connectivity index (χ4n) is 4.77. The molecule has 0 heterocycles. The van der Waals surface area contributed by atoms with Crippen LogP contribution in [0.25, 0.3) is 0 Å². The molecule has 2 aromatic carbocycles. The molecule has 0 spiro atoms. The number of rotatable bonds is 2. The smallest absolute Gasteiger partial charge is 0.0219 e. The predicted molar refractivity (Wildman–Crippen MR) is 123 cm³/mol. The summed E-state index contributed by atoms with van der Waals surface area (Å²) in [6.07, 6.45) is 2.38. The molecule has 0 fully saturated rings. The predicted octanol–water partition coefficient (Wildman–Crippen LogP) is 8.45. The van der Waals surface area contributed by atoms with Crippen molar-refractivity contribution in [3.8, 4) is 0 Å². The third-order valence-electron chi connectivity index (χ3n) is 5.32. The quantitative estimate of drug-likeness (QED) is 0.500. The second kappa shape index (κ2) is 9.09. The second-order valence-corrected chi connectivity index (χ2v) is 9.30. The molecule has 0 aliphatic heterocycles. The summed E-state index contributed by atoms with van der Waals surface area (Å²) in [4.78, 5) is 0. The normalized spacial score (nSPS) is 19.9. The number of fused-ring (bicyclic) bond motifs is 1. The number of aryl methyl sites for hydroxylation is 1. The molecule has 0 aromatic heterocycles. The van der Waals surface area contributed by atoms with Crippen LogP contribution in [0.5, 0.6) is 0 Å². The number of hydrogen-bond donors (Lipinski definition) is 0. The van der Waals surface area contributed by atoms with Crippen LogP contribution >= 0.6 is 0 Å². The Morgan fingerprint density at radius 2 is 1.37 bits per heavy atom. The van der Waals surface area contributed by atoms with E-state index in [1.165, 1.54) is 29.5 Å². The molecule has 1 aliphatic rings. The standard InChI is InChI=1S/C23H30.2C2H6/c1-17-12-13-19-20(14-17)23(15-21(2,3)4,16-22(19,5)6)18-10-8-7-9-11-18;2*1-2/h7-14H,15-16H2,1-6H3;2*1-2H3. The maximum atomic E-state index is 2.45. The van der Waals surface area contributed by atoms with E-state index in [2.05, 4.69) is 90.1 Å². The van der Waals surface area contributed by atoms with Gasteiger partial charge in [0.2, 0.25) is 0 Å². The van der Waals surface area contributed by atoms with Crippen LogP contribution in [0.15, 0.2) is 48.5 Å². The molecule has 27 heavy (non-hydrogen) atoms. The van der Waals surface area contributed by atoms with Crippen molar-refractivity contribution in [1.82, 2.24) is 0 Å². The van der Waals surface area contributed by atoms with E-state index in [1.807, 2.05) is 27.7 Å². The van der Waals surface area contributed by atoms with E-state index in [1.54, 1.807) is 5.56 Å². The van der Waals surface area contributed by atoms with Crippen molar-refractivity contribution in [1.29, 1.82) is 0 Å². The van der Waals surface area contributed by atoms with Gasteiger partial charge in [-0.25, -0.2) is 0 Å². The average molecular weight is 367 g/mol. The topological polar surface area (TPSA) is 0 Å². The molecule has 0 saturated heterocycles. The minimum atomic E-state index is 0.129. The first-order valence-electron chi connectivity index (χ1n) is 10.8. The van der Waals surface area contributed by atoms with Crippen LogP contribution in [0.3, 0.4) is 0 Å². The molecule has 0 nitrogen and oxygen atoms in total. The van der Waals surface area contributed by atoms with Gasteiger partial charge in [0.1, 0.15) is 0 Å². The van der Waals surface area contributed by atoms with Gasteiger partial charge in [0.15, 0.2) is 0 Å². The fraction of sp³-hybridized carbons (Fsp3) is 0.556. The summed E-state index contributed by atoms with van der Waals surface area (Å²) in [6, 6.07) is 18.3. The summed E-state index contributed by atoms with van der Waals surface area (Å²) >= 11 is 0.